The molecule has 4 heteroatoms. The maximum atomic E-state index is 6.26. The van der Waals surface area contributed by atoms with Crippen molar-refractivity contribution in [2.45, 2.75) is 20.4 Å². The molecule has 0 amide bonds. The van der Waals surface area contributed by atoms with Crippen molar-refractivity contribution in [1.29, 1.82) is 0 Å². The molecule has 0 radical (unpaired) electrons. The molecule has 3 nitrogen and oxygen atoms in total. The first-order valence-electron chi connectivity index (χ1n) is 5.70. The standard InChI is InChI=1S/C13H20ClNO2/c1-9(2)7-15-8-10-5-6-11(16-3)13(17-4)12(10)14/h5-6,9,15H,7-8H2,1-4H3. The Morgan fingerprint density at radius 3 is 2.47 bits per heavy atom. The van der Waals surface area contributed by atoms with Gasteiger partial charge in [-0.15, -0.1) is 0 Å². The first kappa shape index (κ1) is 14.1. The molecule has 0 aromatic heterocycles. The zero-order valence-corrected chi connectivity index (χ0v) is 11.6. The topological polar surface area (TPSA) is 30.5 Å². The van der Waals surface area contributed by atoms with E-state index >= 15 is 0 Å². The minimum absolute atomic E-state index is 0.595. The zero-order chi connectivity index (χ0) is 12.8. The second-order valence-electron chi connectivity index (χ2n) is 4.30. The molecule has 1 aromatic rings. The van der Waals surface area contributed by atoms with Gasteiger partial charge in [0.05, 0.1) is 19.2 Å². The summed E-state index contributed by atoms with van der Waals surface area (Å²) in [4.78, 5) is 0. The molecule has 0 aliphatic carbocycles. The minimum atomic E-state index is 0.595. The summed E-state index contributed by atoms with van der Waals surface area (Å²) in [5.74, 6) is 1.87. The second kappa shape index (κ2) is 6.72. The van der Waals surface area contributed by atoms with Gasteiger partial charge in [-0.25, -0.2) is 0 Å². The van der Waals surface area contributed by atoms with Gasteiger partial charge in [-0.1, -0.05) is 31.5 Å². The molecule has 0 unspecified atom stereocenters. The summed E-state index contributed by atoms with van der Waals surface area (Å²) < 4.78 is 10.4. The Labute approximate surface area is 108 Å². The number of rotatable bonds is 6. The Balaban J connectivity index is 2.80. The predicted octanol–water partition coefficient (Wildman–Crippen LogP) is 3.10. The van der Waals surface area contributed by atoms with E-state index in [0.29, 0.717) is 22.4 Å². The fraction of sp³-hybridized carbons (Fsp3) is 0.538. The molecule has 0 aliphatic heterocycles. The average Bonchev–Trinajstić information content (AvgIpc) is 2.30. The van der Waals surface area contributed by atoms with Gasteiger partial charge in [-0.3, -0.25) is 0 Å². The number of nitrogens with one attached hydrogen (secondary N) is 1. The van der Waals surface area contributed by atoms with Gasteiger partial charge in [0.15, 0.2) is 11.5 Å². The van der Waals surface area contributed by atoms with Crippen molar-refractivity contribution in [2.75, 3.05) is 20.8 Å². The van der Waals surface area contributed by atoms with Crippen LogP contribution in [0, 0.1) is 5.92 Å². The van der Waals surface area contributed by atoms with Crippen LogP contribution in [0.15, 0.2) is 12.1 Å². The molecular weight excluding hydrogens is 238 g/mol. The highest BCUT2D eigenvalue weighted by atomic mass is 35.5. The van der Waals surface area contributed by atoms with E-state index in [4.69, 9.17) is 21.1 Å². The highest BCUT2D eigenvalue weighted by Gasteiger charge is 2.12. The van der Waals surface area contributed by atoms with E-state index in [-0.39, 0.29) is 0 Å². The highest BCUT2D eigenvalue weighted by Crippen LogP contribution is 2.37. The molecule has 0 bridgehead atoms. The van der Waals surface area contributed by atoms with Crippen molar-refractivity contribution in [2.24, 2.45) is 5.92 Å². The van der Waals surface area contributed by atoms with Gasteiger partial charge >= 0.3 is 0 Å². The largest absolute Gasteiger partial charge is 0.493 e. The molecule has 0 atom stereocenters. The van der Waals surface area contributed by atoms with E-state index in [9.17, 15) is 0 Å². The van der Waals surface area contributed by atoms with Gasteiger partial charge < -0.3 is 14.8 Å². The average molecular weight is 258 g/mol. The molecule has 0 spiro atoms. The molecule has 0 heterocycles. The maximum absolute atomic E-state index is 6.26. The Morgan fingerprint density at radius 1 is 1.24 bits per heavy atom. The van der Waals surface area contributed by atoms with Crippen LogP contribution in [0.3, 0.4) is 0 Å². The lowest BCUT2D eigenvalue weighted by molar-refractivity contribution is 0.354. The molecule has 1 rings (SSSR count). The minimum Gasteiger partial charge on any atom is -0.493 e. The van der Waals surface area contributed by atoms with Crippen molar-refractivity contribution in [1.82, 2.24) is 5.32 Å². The quantitative estimate of drug-likeness (QED) is 0.850. The molecule has 1 N–H and O–H groups in total. The van der Waals surface area contributed by atoms with Crippen LogP contribution in [0.2, 0.25) is 5.02 Å². The van der Waals surface area contributed by atoms with Crippen LogP contribution in [0.4, 0.5) is 0 Å². The normalized spacial score (nSPS) is 10.7. The van der Waals surface area contributed by atoms with E-state index in [0.717, 1.165) is 18.7 Å². The van der Waals surface area contributed by atoms with Gasteiger partial charge in [0.25, 0.3) is 0 Å². The number of halogens is 1. The van der Waals surface area contributed by atoms with Crippen molar-refractivity contribution >= 4 is 11.6 Å². The first-order chi connectivity index (χ1) is 8.10. The Bertz CT molecular complexity index is 367. The summed E-state index contributed by atoms with van der Waals surface area (Å²) in [7, 11) is 3.19. The maximum Gasteiger partial charge on any atom is 0.179 e. The number of hydrogen-bond donors (Lipinski definition) is 1. The van der Waals surface area contributed by atoms with Gasteiger partial charge in [0.2, 0.25) is 0 Å². The van der Waals surface area contributed by atoms with E-state index in [1.165, 1.54) is 0 Å². The molecular formula is C13H20ClNO2. The van der Waals surface area contributed by atoms with Gasteiger partial charge in [-0.05, 0) is 24.1 Å². The lowest BCUT2D eigenvalue weighted by Gasteiger charge is -2.13. The Hall–Kier alpha value is -0.930. The van der Waals surface area contributed by atoms with Gasteiger partial charge in [0.1, 0.15) is 0 Å². The lowest BCUT2D eigenvalue weighted by Crippen LogP contribution is -2.19. The Morgan fingerprint density at radius 2 is 1.94 bits per heavy atom. The fourth-order valence-corrected chi connectivity index (χ4v) is 1.86. The van der Waals surface area contributed by atoms with E-state index in [2.05, 4.69) is 19.2 Å². The molecule has 0 aliphatic rings. The van der Waals surface area contributed by atoms with E-state index < -0.39 is 0 Å². The molecule has 0 saturated carbocycles. The van der Waals surface area contributed by atoms with Crippen molar-refractivity contribution < 1.29 is 9.47 Å². The molecule has 0 saturated heterocycles. The van der Waals surface area contributed by atoms with E-state index in [1.54, 1.807) is 14.2 Å². The van der Waals surface area contributed by atoms with Crippen LogP contribution in [0.5, 0.6) is 11.5 Å². The summed E-state index contributed by atoms with van der Waals surface area (Å²) in [6, 6.07) is 3.83. The smallest absolute Gasteiger partial charge is 0.179 e. The summed E-state index contributed by atoms with van der Waals surface area (Å²) in [5.41, 5.74) is 1.02. The van der Waals surface area contributed by atoms with Crippen LogP contribution in [-0.2, 0) is 6.54 Å². The number of benzene rings is 1. The summed E-state index contributed by atoms with van der Waals surface area (Å²) in [6.45, 7) is 6.04. The predicted molar refractivity (Wildman–Crippen MR) is 71.1 cm³/mol. The van der Waals surface area contributed by atoms with Crippen molar-refractivity contribution in [3.63, 3.8) is 0 Å². The van der Waals surface area contributed by atoms with Gasteiger partial charge in [-0.2, -0.15) is 0 Å². The van der Waals surface area contributed by atoms with Crippen LogP contribution in [-0.4, -0.2) is 20.8 Å². The third-order valence-corrected chi connectivity index (χ3v) is 2.85. The van der Waals surface area contributed by atoms with Crippen LogP contribution >= 0.6 is 11.6 Å². The number of ether oxygens (including phenoxy) is 2. The van der Waals surface area contributed by atoms with Crippen molar-refractivity contribution in [3.8, 4) is 11.5 Å². The fourth-order valence-electron chi connectivity index (χ4n) is 1.56. The number of hydrogen-bond acceptors (Lipinski definition) is 3. The lowest BCUT2D eigenvalue weighted by atomic mass is 10.1. The molecule has 96 valence electrons. The summed E-state index contributed by atoms with van der Waals surface area (Å²) in [6.07, 6.45) is 0. The van der Waals surface area contributed by atoms with Crippen molar-refractivity contribution in [3.05, 3.63) is 22.7 Å². The second-order valence-corrected chi connectivity index (χ2v) is 4.68. The summed E-state index contributed by atoms with van der Waals surface area (Å²) in [5, 5.41) is 3.96. The van der Waals surface area contributed by atoms with E-state index in [1.807, 2.05) is 12.1 Å². The third-order valence-electron chi connectivity index (χ3n) is 2.43. The molecule has 1 aromatic carbocycles. The van der Waals surface area contributed by atoms with Gasteiger partial charge in [0, 0.05) is 6.54 Å². The number of methoxy groups -OCH3 is 2. The Kier molecular flexibility index (Phi) is 5.59. The first-order valence-corrected chi connectivity index (χ1v) is 6.08. The van der Waals surface area contributed by atoms with Crippen LogP contribution in [0.25, 0.3) is 0 Å². The zero-order valence-electron chi connectivity index (χ0n) is 10.8. The van der Waals surface area contributed by atoms with Crippen LogP contribution in [0.1, 0.15) is 19.4 Å². The monoisotopic (exact) mass is 257 g/mol. The molecule has 0 fully saturated rings. The molecule has 17 heavy (non-hydrogen) atoms. The highest BCUT2D eigenvalue weighted by molar-refractivity contribution is 6.33. The SMILES string of the molecule is COc1ccc(CNCC(C)C)c(Cl)c1OC. The summed E-state index contributed by atoms with van der Waals surface area (Å²) >= 11 is 6.26. The van der Waals surface area contributed by atoms with Crippen LogP contribution < -0.4 is 14.8 Å². The third kappa shape index (κ3) is 3.79.